The Morgan fingerprint density at radius 1 is 0.986 bits per heavy atom. The van der Waals surface area contributed by atoms with Crippen LogP contribution in [-0.2, 0) is 57.6 Å². The van der Waals surface area contributed by atoms with Gasteiger partial charge in [-0.2, -0.15) is 0 Å². The van der Waals surface area contributed by atoms with Crippen LogP contribution in [0.3, 0.4) is 0 Å². The summed E-state index contributed by atoms with van der Waals surface area (Å²) in [7, 11) is 3.45. The number of hydrogen-bond acceptors (Lipinski definition) is 17. The average Bonchev–Trinajstić information content (AvgIpc) is 4.10. The number of aliphatic hydroxyl groups is 1. The number of cyclic esters (lactones) is 1. The summed E-state index contributed by atoms with van der Waals surface area (Å²) in [5.74, 6) is -5.18. The van der Waals surface area contributed by atoms with E-state index in [1.807, 2.05) is 77.3 Å². The molecule has 4 aliphatic heterocycles. The van der Waals surface area contributed by atoms with Gasteiger partial charge in [0, 0.05) is 120 Å². The number of rotatable bonds is 16. The Morgan fingerprint density at radius 2 is 1.73 bits per heavy atom. The number of Topliss-reactive ketones (excluding diaryl/α,β-unsaturated/α-hetero) is 2. The fourth-order valence-corrected chi connectivity index (χ4v) is 11.7. The molecular weight excluding hydrogens is 1030 g/mol. The van der Waals surface area contributed by atoms with Crippen molar-refractivity contribution in [3.8, 4) is 11.3 Å². The summed E-state index contributed by atoms with van der Waals surface area (Å²) in [6.07, 6.45) is 7.30. The molecule has 0 saturated carbocycles. The number of likely N-dealkylation sites (N-methyl/N-ethyl adjacent to an activating group) is 1. The number of fused-ring (bicyclic) bond motifs is 1. The number of hydrogen-bond donors (Lipinski definition) is 2. The lowest BCUT2D eigenvalue weighted by molar-refractivity contribution is -0.296. The minimum absolute atomic E-state index is 0.100. The SMILES string of the molecule is CO[C@]1(C)C[C@@H](C)C(=O)[C@H](C)[C@H]2N(CCCCn3cnc(-c4cccnc4)c3)C(=O)O[C@]2(C)[C@@H](I)OC(=O)[C@H](C)C(=O)[C@H](C)[C@H]1O[C@@H]1O[C@H](C)C[C@H](N(C)CCc2cn(CCN3CCNCC3)nn2)[C@H]1O. The van der Waals surface area contributed by atoms with E-state index in [0.29, 0.717) is 38.8 Å². The molecule has 20 nitrogen and oxygen atoms in total. The Bertz CT molecular complexity index is 2260. The lowest BCUT2D eigenvalue weighted by atomic mass is 9.74. The van der Waals surface area contributed by atoms with Crippen LogP contribution < -0.4 is 5.32 Å². The first-order chi connectivity index (χ1) is 33.8. The minimum Gasteiger partial charge on any atom is -0.447 e. The molecule has 21 heteroatoms. The monoisotopic (exact) mass is 1100 g/mol. The number of carbonyl (C=O) groups is 4. The Kier molecular flexibility index (Phi) is 18.5. The molecule has 3 aromatic heterocycles. The van der Waals surface area contributed by atoms with E-state index in [4.69, 9.17) is 23.7 Å². The van der Waals surface area contributed by atoms with E-state index in [2.05, 4.69) is 35.4 Å². The number of halogens is 1. The van der Waals surface area contributed by atoms with E-state index >= 15 is 0 Å². The zero-order valence-electron chi connectivity index (χ0n) is 42.8. The third-order valence-electron chi connectivity index (χ3n) is 15.3. The van der Waals surface area contributed by atoms with Crippen LogP contribution in [-0.4, -0.2) is 185 Å². The van der Waals surface area contributed by atoms with Crippen LogP contribution in [0.1, 0.15) is 79.8 Å². The predicted octanol–water partition coefficient (Wildman–Crippen LogP) is 4.02. The fourth-order valence-electron chi connectivity index (χ4n) is 11.0. The number of nitrogens with zero attached hydrogens (tertiary/aromatic N) is 9. The van der Waals surface area contributed by atoms with Crippen LogP contribution in [0.2, 0.25) is 0 Å². The molecule has 0 unspecified atom stereocenters. The molecule has 0 aliphatic carbocycles. The first-order valence-electron chi connectivity index (χ1n) is 25.2. The van der Waals surface area contributed by atoms with E-state index in [-0.39, 0.29) is 30.9 Å². The van der Waals surface area contributed by atoms with E-state index < -0.39 is 81.4 Å². The topological polar surface area (TPSA) is 218 Å². The van der Waals surface area contributed by atoms with Gasteiger partial charge >= 0.3 is 12.1 Å². The maximum Gasteiger partial charge on any atom is 0.410 e. The highest BCUT2D eigenvalue weighted by Gasteiger charge is 2.60. The predicted molar refractivity (Wildman–Crippen MR) is 270 cm³/mol. The van der Waals surface area contributed by atoms with Gasteiger partial charge < -0.3 is 48.5 Å². The van der Waals surface area contributed by atoms with E-state index in [1.54, 1.807) is 51.3 Å². The number of esters is 1. The molecule has 13 atom stereocenters. The number of pyridine rings is 1. The minimum atomic E-state index is -1.45. The van der Waals surface area contributed by atoms with Crippen molar-refractivity contribution in [3.63, 3.8) is 0 Å². The second kappa shape index (κ2) is 23.9. The van der Waals surface area contributed by atoms with Gasteiger partial charge in [0.1, 0.15) is 17.8 Å². The number of ether oxygens (including phenoxy) is 5. The fraction of sp³-hybridized carbons (Fsp3) is 0.720. The number of piperazine rings is 1. The van der Waals surface area contributed by atoms with Crippen molar-refractivity contribution in [2.24, 2.45) is 23.7 Å². The van der Waals surface area contributed by atoms with Crippen molar-refractivity contribution in [1.29, 1.82) is 0 Å². The number of aromatic nitrogens is 6. The first kappa shape index (κ1) is 54.8. The average molecular weight is 1100 g/mol. The van der Waals surface area contributed by atoms with E-state index in [0.717, 1.165) is 56.2 Å². The van der Waals surface area contributed by atoms with Crippen LogP contribution in [0.15, 0.2) is 43.2 Å². The smallest absolute Gasteiger partial charge is 0.410 e. The molecule has 7 heterocycles. The molecular formula is C50H75IN10O10. The highest BCUT2D eigenvalue weighted by molar-refractivity contribution is 14.1. The largest absolute Gasteiger partial charge is 0.447 e. The molecule has 0 bridgehead atoms. The number of aryl methyl sites for hydroxylation is 1. The Hall–Kier alpha value is -3.97. The van der Waals surface area contributed by atoms with E-state index in [1.165, 1.54) is 14.0 Å². The molecule has 3 aromatic rings. The van der Waals surface area contributed by atoms with Gasteiger partial charge in [-0.1, -0.05) is 26.0 Å². The number of methoxy groups -OCH3 is 1. The number of alkyl halides is 1. The summed E-state index contributed by atoms with van der Waals surface area (Å²) in [5.41, 5.74) is -0.196. The normalized spacial score (nSPS) is 33.7. The summed E-state index contributed by atoms with van der Waals surface area (Å²) < 4.78 is 34.4. The maximum absolute atomic E-state index is 14.9. The quantitative estimate of drug-likeness (QED) is 0.0681. The zero-order valence-corrected chi connectivity index (χ0v) is 45.0. The van der Waals surface area contributed by atoms with Crippen molar-refractivity contribution < 1.29 is 48.0 Å². The molecule has 4 aliphatic rings. The van der Waals surface area contributed by atoms with Crippen molar-refractivity contribution in [3.05, 3.63) is 48.9 Å². The Balaban J connectivity index is 1.06. The third kappa shape index (κ3) is 12.7. The van der Waals surface area contributed by atoms with Crippen molar-refractivity contribution in [2.75, 3.05) is 60.0 Å². The second-order valence-electron chi connectivity index (χ2n) is 20.6. The van der Waals surface area contributed by atoms with Crippen LogP contribution in [0.5, 0.6) is 0 Å². The number of aliphatic hydroxyl groups excluding tert-OH is 1. The Morgan fingerprint density at radius 3 is 2.45 bits per heavy atom. The van der Waals surface area contributed by atoms with Crippen LogP contribution >= 0.6 is 22.6 Å². The van der Waals surface area contributed by atoms with Crippen LogP contribution in [0, 0.1) is 23.7 Å². The maximum atomic E-state index is 14.9. The lowest BCUT2D eigenvalue weighted by Crippen LogP contribution is -2.60. The number of carbonyl (C=O) groups excluding carboxylic acids is 4. The molecule has 0 spiro atoms. The van der Waals surface area contributed by atoms with Gasteiger partial charge in [0.2, 0.25) is 0 Å². The summed E-state index contributed by atoms with van der Waals surface area (Å²) in [4.78, 5) is 72.1. The molecule has 0 aromatic carbocycles. The molecule has 2 N–H and O–H groups in total. The zero-order chi connectivity index (χ0) is 51.2. The molecule has 71 heavy (non-hydrogen) atoms. The van der Waals surface area contributed by atoms with Gasteiger partial charge in [0.25, 0.3) is 0 Å². The molecule has 392 valence electrons. The number of imidazole rings is 1. The summed E-state index contributed by atoms with van der Waals surface area (Å²) >= 11 is 1.94. The summed E-state index contributed by atoms with van der Waals surface area (Å²) in [6, 6.07) is 2.60. The van der Waals surface area contributed by atoms with Gasteiger partial charge in [0.15, 0.2) is 21.8 Å². The standard InChI is InChI=1S/C50H75IN10O10/c1-31-26-49(6,67-9)44(69-46-42(64)39(25-32(2)68-46)57(8)20-14-37-28-60(56-55-37)24-23-58-21-16-52-17-22-58)34(4)41(63)35(5)45(65)70-47(51)50(7)43(33(3)40(31)62)61(48(66)71-50)19-11-10-18-59-29-38(54-30-59)36-13-12-15-53-27-36/h12-13,15,27-35,39,42-44,46-47,52,64H,10-11,14,16-26H2,1-9H3/t31-,32-,33+,34+,35-,39+,42-,43-,44-,46+,47+,49-,50+/m1/s1. The van der Waals surface area contributed by atoms with Gasteiger partial charge in [-0.3, -0.25) is 28.9 Å². The van der Waals surface area contributed by atoms with Crippen LogP contribution in [0.25, 0.3) is 11.3 Å². The first-order valence-corrected chi connectivity index (χ1v) is 26.5. The number of ketones is 2. The highest BCUT2D eigenvalue weighted by atomic mass is 127. The number of amides is 1. The van der Waals surface area contributed by atoms with Gasteiger partial charge in [-0.15, -0.1) is 5.10 Å². The van der Waals surface area contributed by atoms with Crippen molar-refractivity contribution in [2.45, 2.75) is 146 Å². The summed E-state index contributed by atoms with van der Waals surface area (Å²) in [5, 5.41) is 24.2. The number of unbranched alkanes of at least 4 members (excludes halogenated alkanes) is 1. The molecule has 7 rings (SSSR count). The third-order valence-corrected chi connectivity index (χ3v) is 16.8. The van der Waals surface area contributed by atoms with Crippen molar-refractivity contribution in [1.82, 2.24) is 49.5 Å². The van der Waals surface area contributed by atoms with Gasteiger partial charge in [-0.05, 0) is 95.1 Å². The second-order valence-corrected chi connectivity index (χ2v) is 21.7. The molecule has 4 saturated heterocycles. The lowest BCUT2D eigenvalue weighted by Gasteiger charge is -2.47. The van der Waals surface area contributed by atoms with Crippen molar-refractivity contribution >= 4 is 46.2 Å². The highest BCUT2D eigenvalue weighted by Crippen LogP contribution is 2.44. The summed E-state index contributed by atoms with van der Waals surface area (Å²) in [6.45, 7) is 19.3. The molecule has 0 radical (unpaired) electrons. The molecule has 4 fully saturated rings. The van der Waals surface area contributed by atoms with Crippen LogP contribution in [0.4, 0.5) is 4.79 Å². The number of nitrogens with one attached hydrogen (secondary N) is 1. The van der Waals surface area contributed by atoms with E-state index in [9.17, 15) is 24.3 Å². The molecule has 1 amide bonds. The Labute approximate surface area is 431 Å². The van der Waals surface area contributed by atoms with Gasteiger partial charge in [0.05, 0.1) is 48.1 Å². The van der Waals surface area contributed by atoms with Gasteiger partial charge in [-0.25, -0.2) is 9.78 Å².